The van der Waals surface area contributed by atoms with Gasteiger partial charge in [-0.25, -0.2) is 0 Å². The summed E-state index contributed by atoms with van der Waals surface area (Å²) in [4.78, 5) is 19.1. The van der Waals surface area contributed by atoms with Crippen LogP contribution < -0.4 is 20.7 Å². The molecule has 0 spiro atoms. The van der Waals surface area contributed by atoms with Crippen molar-refractivity contribution in [3.05, 3.63) is 29.8 Å². The summed E-state index contributed by atoms with van der Waals surface area (Å²) < 4.78 is 10.9. The summed E-state index contributed by atoms with van der Waals surface area (Å²) >= 11 is 0. The highest BCUT2D eigenvalue weighted by Gasteiger charge is 2.23. The summed E-state index contributed by atoms with van der Waals surface area (Å²) in [5, 5.41) is 9.72. The van der Waals surface area contributed by atoms with E-state index in [1.807, 2.05) is 12.1 Å². The van der Waals surface area contributed by atoms with E-state index in [0.29, 0.717) is 25.6 Å². The van der Waals surface area contributed by atoms with Gasteiger partial charge in [-0.2, -0.15) is 0 Å². The smallest absolute Gasteiger partial charge is 0.220 e. The first-order valence-electron chi connectivity index (χ1n) is 11.5. The predicted octanol–water partition coefficient (Wildman–Crippen LogP) is 1.68. The highest BCUT2D eigenvalue weighted by atomic mass is 16.5. The molecule has 1 unspecified atom stereocenters. The number of nitrogens with one attached hydrogen (secondary N) is 3. The van der Waals surface area contributed by atoms with Gasteiger partial charge in [-0.05, 0) is 43.9 Å². The molecule has 2 aliphatic rings. The average molecular weight is 432 g/mol. The van der Waals surface area contributed by atoms with Gasteiger partial charge in [0.25, 0.3) is 0 Å². The van der Waals surface area contributed by atoms with Crippen LogP contribution in [0.3, 0.4) is 0 Å². The van der Waals surface area contributed by atoms with Crippen LogP contribution in [0.1, 0.15) is 44.2 Å². The molecule has 1 amide bonds. The number of morpholine rings is 1. The van der Waals surface area contributed by atoms with Crippen LogP contribution in [0, 0.1) is 0 Å². The molecule has 1 aliphatic heterocycles. The van der Waals surface area contributed by atoms with Crippen molar-refractivity contribution in [3.63, 3.8) is 0 Å². The fraction of sp³-hybridized carbons (Fsp3) is 0.652. The average Bonchev–Trinajstić information content (AvgIpc) is 3.61. The topological polar surface area (TPSA) is 87.2 Å². The second-order valence-electron chi connectivity index (χ2n) is 8.03. The van der Waals surface area contributed by atoms with Gasteiger partial charge >= 0.3 is 0 Å². The van der Waals surface area contributed by atoms with Crippen molar-refractivity contribution in [1.29, 1.82) is 0 Å². The number of nitrogens with zero attached hydrogens (tertiary/aromatic N) is 2. The number of hydrogen-bond donors (Lipinski definition) is 3. The SMILES string of the molecule is CCNC(=NCC(c1ccc(OC)cc1)N1CCOCC1)NCCCC(=O)NC1CC1. The van der Waals surface area contributed by atoms with E-state index in [1.54, 1.807) is 7.11 Å². The van der Waals surface area contributed by atoms with Gasteiger partial charge in [0.05, 0.1) is 32.9 Å². The molecule has 8 nitrogen and oxygen atoms in total. The van der Waals surface area contributed by atoms with Crippen LogP contribution in [-0.4, -0.2) is 75.9 Å². The van der Waals surface area contributed by atoms with Crippen LogP contribution in [0.5, 0.6) is 5.75 Å². The third-order valence-corrected chi connectivity index (χ3v) is 5.57. The van der Waals surface area contributed by atoms with Crippen molar-refractivity contribution < 1.29 is 14.3 Å². The van der Waals surface area contributed by atoms with Crippen LogP contribution in [-0.2, 0) is 9.53 Å². The minimum atomic E-state index is 0.151. The lowest BCUT2D eigenvalue weighted by Gasteiger charge is -2.34. The quantitative estimate of drug-likeness (QED) is 0.281. The molecular weight excluding hydrogens is 394 g/mol. The first-order chi connectivity index (χ1) is 15.2. The number of ether oxygens (including phenoxy) is 2. The lowest BCUT2D eigenvalue weighted by molar-refractivity contribution is -0.121. The van der Waals surface area contributed by atoms with Crippen LogP contribution in [0.15, 0.2) is 29.3 Å². The summed E-state index contributed by atoms with van der Waals surface area (Å²) in [6.07, 6.45) is 3.58. The third-order valence-electron chi connectivity index (χ3n) is 5.57. The molecular formula is C23H37N5O3. The first kappa shape index (κ1) is 23.3. The Morgan fingerprint density at radius 2 is 1.97 bits per heavy atom. The Balaban J connectivity index is 1.56. The zero-order valence-electron chi connectivity index (χ0n) is 18.9. The molecule has 31 heavy (non-hydrogen) atoms. The molecule has 3 N–H and O–H groups in total. The van der Waals surface area contributed by atoms with Gasteiger partial charge < -0.3 is 25.4 Å². The summed E-state index contributed by atoms with van der Waals surface area (Å²) in [5.41, 5.74) is 1.22. The maximum absolute atomic E-state index is 11.8. The fourth-order valence-corrected chi connectivity index (χ4v) is 3.65. The number of rotatable bonds is 11. The monoisotopic (exact) mass is 431 g/mol. The van der Waals surface area contributed by atoms with E-state index in [1.165, 1.54) is 5.56 Å². The zero-order chi connectivity index (χ0) is 21.9. The lowest BCUT2D eigenvalue weighted by Crippen LogP contribution is -2.42. The minimum Gasteiger partial charge on any atom is -0.497 e. The van der Waals surface area contributed by atoms with E-state index in [-0.39, 0.29) is 11.9 Å². The summed E-state index contributed by atoms with van der Waals surface area (Å²) in [6.45, 7) is 7.49. The van der Waals surface area contributed by atoms with Gasteiger partial charge in [-0.3, -0.25) is 14.7 Å². The molecule has 0 bridgehead atoms. The lowest BCUT2D eigenvalue weighted by atomic mass is 10.0. The third kappa shape index (κ3) is 8.03. The number of methoxy groups -OCH3 is 1. The number of benzene rings is 1. The molecule has 1 saturated carbocycles. The van der Waals surface area contributed by atoms with Crippen LogP contribution in [0.2, 0.25) is 0 Å². The Morgan fingerprint density at radius 3 is 2.61 bits per heavy atom. The molecule has 1 aromatic carbocycles. The molecule has 0 radical (unpaired) electrons. The molecule has 1 aliphatic carbocycles. The fourth-order valence-electron chi connectivity index (χ4n) is 3.65. The molecule has 8 heteroatoms. The number of carbonyl (C=O) groups excluding carboxylic acids is 1. The molecule has 2 fully saturated rings. The molecule has 0 aromatic heterocycles. The highest BCUT2D eigenvalue weighted by Crippen LogP contribution is 2.24. The van der Waals surface area contributed by atoms with Crippen LogP contribution in [0.4, 0.5) is 0 Å². The number of guanidine groups is 1. The first-order valence-corrected chi connectivity index (χ1v) is 11.5. The van der Waals surface area contributed by atoms with Crippen molar-refractivity contribution >= 4 is 11.9 Å². The van der Waals surface area contributed by atoms with Gasteiger partial charge in [0.15, 0.2) is 5.96 Å². The maximum Gasteiger partial charge on any atom is 0.220 e. The van der Waals surface area contributed by atoms with Gasteiger partial charge in [-0.1, -0.05) is 12.1 Å². The molecule has 1 atom stereocenters. The molecule has 1 aromatic rings. The normalized spacial score (nSPS) is 18.3. The van der Waals surface area contributed by atoms with Crippen LogP contribution >= 0.6 is 0 Å². The summed E-state index contributed by atoms with van der Waals surface area (Å²) in [5.74, 6) is 1.80. The Bertz CT molecular complexity index is 700. The van der Waals surface area contributed by atoms with E-state index < -0.39 is 0 Å². The minimum absolute atomic E-state index is 0.151. The molecule has 172 valence electrons. The molecule has 1 heterocycles. The van der Waals surface area contributed by atoms with Gasteiger partial charge in [0.2, 0.25) is 5.91 Å². The van der Waals surface area contributed by atoms with E-state index in [2.05, 4.69) is 39.9 Å². The standard InChI is InChI=1S/C23H37N5O3/c1-3-24-23(25-12-4-5-22(29)27-19-8-9-19)26-17-21(28-13-15-31-16-14-28)18-6-10-20(30-2)11-7-18/h6-7,10-11,19,21H,3-5,8-9,12-17H2,1-2H3,(H,27,29)(H2,24,25,26). The maximum atomic E-state index is 11.8. The second-order valence-corrected chi connectivity index (χ2v) is 8.03. The number of carbonyl (C=O) groups is 1. The van der Waals surface area contributed by atoms with Gasteiger partial charge in [-0.15, -0.1) is 0 Å². The highest BCUT2D eigenvalue weighted by molar-refractivity contribution is 5.80. The number of amides is 1. The van der Waals surface area contributed by atoms with E-state index >= 15 is 0 Å². The Hall–Kier alpha value is -2.32. The second kappa shape index (κ2) is 12.5. The summed E-state index contributed by atoms with van der Waals surface area (Å²) in [7, 11) is 1.68. The zero-order valence-corrected chi connectivity index (χ0v) is 18.9. The van der Waals surface area contributed by atoms with Gasteiger partial charge in [0, 0.05) is 38.6 Å². The number of aliphatic imine (C=N–C) groups is 1. The van der Waals surface area contributed by atoms with Crippen molar-refractivity contribution in [2.24, 2.45) is 4.99 Å². The Morgan fingerprint density at radius 1 is 1.23 bits per heavy atom. The largest absolute Gasteiger partial charge is 0.497 e. The van der Waals surface area contributed by atoms with Crippen LogP contribution in [0.25, 0.3) is 0 Å². The van der Waals surface area contributed by atoms with Gasteiger partial charge in [0.1, 0.15) is 5.75 Å². The van der Waals surface area contributed by atoms with Crippen molar-refractivity contribution in [3.8, 4) is 5.75 Å². The predicted molar refractivity (Wildman–Crippen MR) is 123 cm³/mol. The molecule has 3 rings (SSSR count). The van der Waals surface area contributed by atoms with E-state index in [4.69, 9.17) is 14.5 Å². The van der Waals surface area contributed by atoms with E-state index in [9.17, 15) is 4.79 Å². The summed E-state index contributed by atoms with van der Waals surface area (Å²) in [6, 6.07) is 8.84. The van der Waals surface area contributed by atoms with Crippen molar-refractivity contribution in [1.82, 2.24) is 20.9 Å². The number of hydrogen-bond acceptors (Lipinski definition) is 5. The Labute approximate surface area is 185 Å². The van der Waals surface area contributed by atoms with Crippen molar-refractivity contribution in [2.45, 2.75) is 44.7 Å². The van der Waals surface area contributed by atoms with Crippen molar-refractivity contribution in [2.75, 3.05) is 53.0 Å². The van der Waals surface area contributed by atoms with E-state index in [0.717, 1.165) is 63.8 Å². The Kier molecular flexibility index (Phi) is 9.42. The molecule has 1 saturated heterocycles.